The molecule has 1 aliphatic carbocycles. The van der Waals surface area contributed by atoms with Gasteiger partial charge in [-0.25, -0.2) is 9.78 Å². The van der Waals surface area contributed by atoms with Gasteiger partial charge in [0.15, 0.2) is 0 Å². The molecule has 1 heterocycles. The molecule has 1 aliphatic rings. The summed E-state index contributed by atoms with van der Waals surface area (Å²) in [5.41, 5.74) is 2.62. The molecule has 2 aromatic carbocycles. The van der Waals surface area contributed by atoms with E-state index in [1.807, 2.05) is 75.5 Å². The van der Waals surface area contributed by atoms with Gasteiger partial charge in [0.05, 0.1) is 17.9 Å². The predicted molar refractivity (Wildman–Crippen MR) is 145 cm³/mol. The largest absolute Gasteiger partial charge is 0.444 e. The van der Waals surface area contributed by atoms with E-state index in [2.05, 4.69) is 32.7 Å². The van der Waals surface area contributed by atoms with Crippen molar-refractivity contribution in [2.75, 3.05) is 6.54 Å². The van der Waals surface area contributed by atoms with E-state index in [-0.39, 0.29) is 24.0 Å². The smallest absolute Gasteiger partial charge is 0.407 e. The summed E-state index contributed by atoms with van der Waals surface area (Å²) >= 11 is 0. The molecule has 3 N–H and O–H groups in total. The molecule has 196 valence electrons. The van der Waals surface area contributed by atoms with Gasteiger partial charge in [-0.2, -0.15) is 0 Å². The average Bonchev–Trinajstić information content (AvgIpc) is 3.38. The summed E-state index contributed by atoms with van der Waals surface area (Å²) in [6.07, 6.45) is 5.51. The molecule has 1 atom stereocenters. The Morgan fingerprint density at radius 2 is 1.65 bits per heavy atom. The number of aromatic amines is 1. The highest BCUT2D eigenvalue weighted by Crippen LogP contribution is 2.30. The number of nitrogens with zero attached hydrogens (tertiary/aromatic N) is 1. The van der Waals surface area contributed by atoms with Crippen LogP contribution >= 0.6 is 0 Å². The number of hydrogen-bond donors (Lipinski definition) is 3. The monoisotopic (exact) mass is 502 g/mol. The van der Waals surface area contributed by atoms with E-state index in [1.165, 1.54) is 0 Å². The Morgan fingerprint density at radius 1 is 1.00 bits per heavy atom. The Bertz CT molecular complexity index is 1150. The van der Waals surface area contributed by atoms with E-state index in [4.69, 9.17) is 4.74 Å². The summed E-state index contributed by atoms with van der Waals surface area (Å²) in [5, 5.41) is 6.16. The molecule has 2 amide bonds. The summed E-state index contributed by atoms with van der Waals surface area (Å²) in [6, 6.07) is 20.0. The second-order valence-electron chi connectivity index (χ2n) is 10.9. The van der Waals surface area contributed by atoms with Crippen molar-refractivity contribution in [3.8, 4) is 11.3 Å². The van der Waals surface area contributed by atoms with Gasteiger partial charge in [-0.3, -0.25) is 4.79 Å². The molecule has 7 nitrogen and oxygen atoms in total. The van der Waals surface area contributed by atoms with Gasteiger partial charge in [0, 0.05) is 12.5 Å². The lowest BCUT2D eigenvalue weighted by Gasteiger charge is -2.29. The van der Waals surface area contributed by atoms with Gasteiger partial charge in [0.2, 0.25) is 5.91 Å². The second kappa shape index (κ2) is 12.1. The molecule has 0 aliphatic heterocycles. The molecule has 0 radical (unpaired) electrons. The first-order valence-corrected chi connectivity index (χ1v) is 13.2. The minimum Gasteiger partial charge on any atom is -0.444 e. The van der Waals surface area contributed by atoms with Gasteiger partial charge in [-0.15, -0.1) is 0 Å². The fourth-order valence-corrected chi connectivity index (χ4v) is 4.80. The highest BCUT2D eigenvalue weighted by Gasteiger charge is 2.29. The van der Waals surface area contributed by atoms with E-state index in [1.54, 1.807) is 0 Å². The Labute approximate surface area is 219 Å². The van der Waals surface area contributed by atoms with Crippen LogP contribution in [-0.4, -0.2) is 34.1 Å². The molecular weight excluding hydrogens is 464 g/mol. The van der Waals surface area contributed by atoms with Gasteiger partial charge in [-0.05, 0) is 69.9 Å². The van der Waals surface area contributed by atoms with Crippen molar-refractivity contribution in [3.63, 3.8) is 0 Å². The van der Waals surface area contributed by atoms with Crippen molar-refractivity contribution in [1.29, 1.82) is 0 Å². The van der Waals surface area contributed by atoms with Crippen molar-refractivity contribution >= 4 is 12.0 Å². The van der Waals surface area contributed by atoms with Crippen molar-refractivity contribution in [1.82, 2.24) is 20.6 Å². The predicted octanol–water partition coefficient (Wildman–Crippen LogP) is 5.81. The van der Waals surface area contributed by atoms with Crippen LogP contribution in [0.5, 0.6) is 0 Å². The highest BCUT2D eigenvalue weighted by molar-refractivity contribution is 5.79. The van der Waals surface area contributed by atoms with Crippen molar-refractivity contribution < 1.29 is 14.3 Å². The van der Waals surface area contributed by atoms with Crippen LogP contribution in [0.15, 0.2) is 66.9 Å². The maximum Gasteiger partial charge on any atom is 0.407 e. The maximum atomic E-state index is 13.3. The van der Waals surface area contributed by atoms with Crippen LogP contribution < -0.4 is 10.6 Å². The summed E-state index contributed by atoms with van der Waals surface area (Å²) in [7, 11) is 0. The Balaban J connectivity index is 1.36. The first kappa shape index (κ1) is 26.5. The zero-order valence-electron chi connectivity index (χ0n) is 22.0. The number of benzene rings is 2. The van der Waals surface area contributed by atoms with E-state index < -0.39 is 5.60 Å². The van der Waals surface area contributed by atoms with Gasteiger partial charge in [0.25, 0.3) is 0 Å². The minimum absolute atomic E-state index is 0.0420. The van der Waals surface area contributed by atoms with Gasteiger partial charge in [0.1, 0.15) is 11.4 Å². The first-order chi connectivity index (χ1) is 17.8. The maximum absolute atomic E-state index is 13.3. The molecule has 0 spiro atoms. The molecule has 1 fully saturated rings. The van der Waals surface area contributed by atoms with Crippen LogP contribution in [0.4, 0.5) is 4.79 Å². The third kappa shape index (κ3) is 7.94. The van der Waals surface area contributed by atoms with Crippen molar-refractivity contribution in [3.05, 3.63) is 78.2 Å². The van der Waals surface area contributed by atoms with Crippen LogP contribution in [0.1, 0.15) is 63.9 Å². The number of alkyl carbamates (subject to hydrolysis) is 1. The van der Waals surface area contributed by atoms with E-state index >= 15 is 0 Å². The number of rotatable bonds is 8. The molecule has 1 saturated carbocycles. The van der Waals surface area contributed by atoms with Gasteiger partial charge < -0.3 is 20.4 Å². The lowest BCUT2D eigenvalue weighted by atomic mass is 9.81. The fraction of sp³-hybridized carbons (Fsp3) is 0.433. The molecule has 3 aromatic rings. The highest BCUT2D eigenvalue weighted by atomic mass is 16.6. The molecule has 1 aromatic heterocycles. The third-order valence-corrected chi connectivity index (χ3v) is 6.76. The van der Waals surface area contributed by atoms with Crippen molar-refractivity contribution in [2.45, 2.75) is 64.5 Å². The number of carbonyl (C=O) groups excluding carboxylic acids is 2. The van der Waals surface area contributed by atoms with E-state index in [0.717, 1.165) is 48.3 Å². The lowest BCUT2D eigenvalue weighted by molar-refractivity contribution is -0.127. The zero-order valence-corrected chi connectivity index (χ0v) is 22.0. The van der Waals surface area contributed by atoms with Crippen LogP contribution in [0, 0.1) is 11.8 Å². The fourth-order valence-electron chi connectivity index (χ4n) is 4.80. The SMILES string of the molecule is CC(C)(C)OC(=O)NCC1CCC(C(=O)N[C@@H](Cc2ccccc2)c2ncc(-c3ccccc3)[nH]2)CC1. The molecule has 0 bridgehead atoms. The second-order valence-corrected chi connectivity index (χ2v) is 10.9. The van der Waals surface area contributed by atoms with E-state index in [9.17, 15) is 9.59 Å². The molecule has 0 saturated heterocycles. The number of imidazole rings is 1. The number of H-pyrrole nitrogens is 1. The van der Waals surface area contributed by atoms with Gasteiger partial charge >= 0.3 is 6.09 Å². The number of carbonyl (C=O) groups is 2. The molecule has 37 heavy (non-hydrogen) atoms. The number of nitrogens with one attached hydrogen (secondary N) is 3. The van der Waals surface area contributed by atoms with E-state index in [0.29, 0.717) is 18.9 Å². The van der Waals surface area contributed by atoms with Crippen molar-refractivity contribution in [2.24, 2.45) is 11.8 Å². The molecular formula is C30H38N4O3. The summed E-state index contributed by atoms with van der Waals surface area (Å²) < 4.78 is 5.33. The summed E-state index contributed by atoms with van der Waals surface area (Å²) in [6.45, 7) is 6.14. The molecule has 7 heteroatoms. The summed E-state index contributed by atoms with van der Waals surface area (Å²) in [4.78, 5) is 33.4. The topological polar surface area (TPSA) is 96.1 Å². The van der Waals surface area contributed by atoms with Crippen LogP contribution in [-0.2, 0) is 16.0 Å². The minimum atomic E-state index is -0.508. The third-order valence-electron chi connectivity index (χ3n) is 6.76. The molecule has 4 rings (SSSR count). The first-order valence-electron chi connectivity index (χ1n) is 13.2. The van der Waals surface area contributed by atoms with Crippen LogP contribution in [0.3, 0.4) is 0 Å². The quantitative estimate of drug-likeness (QED) is 0.362. The summed E-state index contributed by atoms with van der Waals surface area (Å²) in [5.74, 6) is 1.14. The number of aromatic nitrogens is 2. The average molecular weight is 503 g/mol. The molecule has 0 unspecified atom stereocenters. The number of hydrogen-bond acceptors (Lipinski definition) is 4. The normalized spacial score (nSPS) is 18.6. The lowest BCUT2D eigenvalue weighted by Crippen LogP contribution is -2.39. The number of amides is 2. The number of ether oxygens (including phenoxy) is 1. The van der Waals surface area contributed by atoms with Crippen LogP contribution in [0.2, 0.25) is 0 Å². The Hall–Kier alpha value is -3.61. The zero-order chi connectivity index (χ0) is 26.3. The van der Waals surface area contributed by atoms with Gasteiger partial charge in [-0.1, -0.05) is 60.7 Å². The van der Waals surface area contributed by atoms with Crippen LogP contribution in [0.25, 0.3) is 11.3 Å². The Kier molecular flexibility index (Phi) is 8.64. The standard InChI is InChI=1S/C30H38N4O3/c1-30(2,3)37-29(36)32-19-22-14-16-24(17-15-22)28(35)34-25(18-21-10-6-4-7-11-21)27-31-20-26(33-27)23-12-8-5-9-13-23/h4-13,20,22,24-25H,14-19H2,1-3H3,(H,31,33)(H,32,36)(H,34,35)/t22?,24?,25-/m0/s1. The Morgan fingerprint density at radius 3 is 2.30 bits per heavy atom.